The highest BCUT2D eigenvalue weighted by Crippen LogP contribution is 2.16. The summed E-state index contributed by atoms with van der Waals surface area (Å²) in [7, 11) is 1.86. The van der Waals surface area contributed by atoms with Gasteiger partial charge in [-0.25, -0.2) is 0 Å². The Kier molecular flexibility index (Phi) is 5.82. The first-order valence-electron chi connectivity index (χ1n) is 6.07. The number of hydrogen-bond donors (Lipinski definition) is 1. The van der Waals surface area contributed by atoms with E-state index in [2.05, 4.69) is 15.9 Å². The molecule has 1 rings (SSSR count). The molecule has 100 valence electrons. The molecule has 0 bridgehead atoms. The topological polar surface area (TPSA) is 40.5 Å². The van der Waals surface area contributed by atoms with Crippen molar-refractivity contribution in [1.29, 1.82) is 0 Å². The van der Waals surface area contributed by atoms with Gasteiger partial charge < -0.3 is 5.11 Å². The molecule has 0 saturated carbocycles. The molecular formula is C14H20BrNO2. The standard InChI is InChI=1S/C14H20BrNO2/c1-10(2)8-13(14(17)18)16(3)9-11-4-6-12(15)7-5-11/h4-7,10,13H,8-9H2,1-3H3,(H,17,18). The normalized spacial score (nSPS) is 13.0. The number of hydrogen-bond acceptors (Lipinski definition) is 2. The molecule has 0 amide bonds. The lowest BCUT2D eigenvalue weighted by Gasteiger charge is -2.26. The van der Waals surface area contributed by atoms with E-state index in [-0.39, 0.29) is 0 Å². The third-order valence-corrected chi connectivity index (χ3v) is 3.39. The van der Waals surface area contributed by atoms with Crippen LogP contribution in [0.4, 0.5) is 0 Å². The lowest BCUT2D eigenvalue weighted by Crippen LogP contribution is -2.39. The molecule has 0 saturated heterocycles. The van der Waals surface area contributed by atoms with Crippen LogP contribution in [0.15, 0.2) is 28.7 Å². The first kappa shape index (κ1) is 15.2. The predicted octanol–water partition coefficient (Wildman–Crippen LogP) is 3.38. The molecule has 1 atom stereocenters. The summed E-state index contributed by atoms with van der Waals surface area (Å²) in [5.41, 5.74) is 1.12. The Labute approximate surface area is 117 Å². The molecule has 0 spiro atoms. The molecular weight excluding hydrogens is 294 g/mol. The van der Waals surface area contributed by atoms with Crippen LogP contribution in [0.5, 0.6) is 0 Å². The van der Waals surface area contributed by atoms with Gasteiger partial charge in [-0.2, -0.15) is 0 Å². The SMILES string of the molecule is CC(C)CC(C(=O)O)N(C)Cc1ccc(Br)cc1. The fourth-order valence-corrected chi connectivity index (χ4v) is 2.17. The molecule has 3 nitrogen and oxygen atoms in total. The minimum absolute atomic E-state index is 0.374. The van der Waals surface area contributed by atoms with Gasteiger partial charge in [0.2, 0.25) is 0 Å². The largest absolute Gasteiger partial charge is 0.480 e. The number of carboxylic acids is 1. The van der Waals surface area contributed by atoms with E-state index in [4.69, 9.17) is 0 Å². The van der Waals surface area contributed by atoms with Gasteiger partial charge in [0.1, 0.15) is 6.04 Å². The van der Waals surface area contributed by atoms with Gasteiger partial charge in [-0.1, -0.05) is 41.9 Å². The average molecular weight is 314 g/mol. The highest BCUT2D eigenvalue weighted by molar-refractivity contribution is 9.10. The lowest BCUT2D eigenvalue weighted by molar-refractivity contribution is -0.143. The first-order valence-corrected chi connectivity index (χ1v) is 6.87. The number of carbonyl (C=O) groups is 1. The van der Waals surface area contributed by atoms with Gasteiger partial charge in [-0.15, -0.1) is 0 Å². The van der Waals surface area contributed by atoms with Gasteiger partial charge in [0, 0.05) is 11.0 Å². The molecule has 4 heteroatoms. The number of aliphatic carboxylic acids is 1. The minimum Gasteiger partial charge on any atom is -0.480 e. The molecule has 0 aliphatic rings. The van der Waals surface area contributed by atoms with Crippen LogP contribution in [0.25, 0.3) is 0 Å². The summed E-state index contributed by atoms with van der Waals surface area (Å²) in [4.78, 5) is 13.2. The van der Waals surface area contributed by atoms with E-state index in [1.165, 1.54) is 0 Å². The third-order valence-electron chi connectivity index (χ3n) is 2.86. The monoisotopic (exact) mass is 313 g/mol. The maximum atomic E-state index is 11.3. The Bertz CT molecular complexity index is 389. The summed E-state index contributed by atoms with van der Waals surface area (Å²) < 4.78 is 1.03. The van der Waals surface area contributed by atoms with Gasteiger partial charge in [0.05, 0.1) is 0 Å². The first-order chi connectivity index (χ1) is 8.40. The molecule has 0 aliphatic carbocycles. The summed E-state index contributed by atoms with van der Waals surface area (Å²) >= 11 is 3.39. The van der Waals surface area contributed by atoms with Crippen LogP contribution in [0, 0.1) is 5.92 Å². The highest BCUT2D eigenvalue weighted by Gasteiger charge is 2.23. The molecule has 0 aromatic heterocycles. The zero-order valence-corrected chi connectivity index (χ0v) is 12.6. The molecule has 0 fully saturated rings. The Morgan fingerprint density at radius 1 is 1.33 bits per heavy atom. The van der Waals surface area contributed by atoms with E-state index in [9.17, 15) is 9.90 Å². The Hall–Kier alpha value is -0.870. The summed E-state index contributed by atoms with van der Waals surface area (Å²) in [6.07, 6.45) is 0.669. The van der Waals surface area contributed by atoms with Crippen molar-refractivity contribution in [3.05, 3.63) is 34.3 Å². The van der Waals surface area contributed by atoms with Crippen LogP contribution in [0.3, 0.4) is 0 Å². The van der Waals surface area contributed by atoms with Crippen molar-refractivity contribution in [3.8, 4) is 0 Å². The van der Waals surface area contributed by atoms with Gasteiger partial charge in [-0.05, 0) is 37.1 Å². The molecule has 1 aromatic rings. The molecule has 1 aromatic carbocycles. The molecule has 0 radical (unpaired) electrons. The van der Waals surface area contributed by atoms with Crippen LogP contribution in [0.1, 0.15) is 25.8 Å². The van der Waals surface area contributed by atoms with Crippen molar-refractivity contribution in [2.75, 3.05) is 7.05 Å². The van der Waals surface area contributed by atoms with Crippen molar-refractivity contribution in [3.63, 3.8) is 0 Å². The van der Waals surface area contributed by atoms with Gasteiger partial charge in [0.15, 0.2) is 0 Å². The van der Waals surface area contributed by atoms with Crippen LogP contribution in [0.2, 0.25) is 0 Å². The molecule has 0 heterocycles. The van der Waals surface area contributed by atoms with E-state index in [1.807, 2.05) is 50.1 Å². The highest BCUT2D eigenvalue weighted by atomic mass is 79.9. The van der Waals surface area contributed by atoms with Gasteiger partial charge in [0.25, 0.3) is 0 Å². The number of rotatable bonds is 6. The molecule has 1 N–H and O–H groups in total. The molecule has 1 unspecified atom stereocenters. The molecule has 0 aliphatic heterocycles. The fourth-order valence-electron chi connectivity index (χ4n) is 1.90. The Morgan fingerprint density at radius 2 is 1.89 bits per heavy atom. The fraction of sp³-hybridized carbons (Fsp3) is 0.500. The molecule has 18 heavy (non-hydrogen) atoms. The van der Waals surface area contributed by atoms with Crippen LogP contribution >= 0.6 is 15.9 Å². The van der Waals surface area contributed by atoms with Crippen LogP contribution < -0.4 is 0 Å². The summed E-state index contributed by atoms with van der Waals surface area (Å²) in [6, 6.07) is 7.54. The quantitative estimate of drug-likeness (QED) is 0.875. The predicted molar refractivity (Wildman–Crippen MR) is 76.5 cm³/mol. The average Bonchev–Trinajstić information content (AvgIpc) is 2.28. The van der Waals surface area contributed by atoms with Crippen molar-refractivity contribution in [2.45, 2.75) is 32.9 Å². The van der Waals surface area contributed by atoms with Crippen LogP contribution in [-0.4, -0.2) is 29.1 Å². The Balaban J connectivity index is 2.69. The van der Waals surface area contributed by atoms with Crippen LogP contribution in [-0.2, 0) is 11.3 Å². The number of benzene rings is 1. The smallest absolute Gasteiger partial charge is 0.320 e. The van der Waals surface area contributed by atoms with Crippen molar-refractivity contribution < 1.29 is 9.90 Å². The van der Waals surface area contributed by atoms with Gasteiger partial charge >= 0.3 is 5.97 Å². The summed E-state index contributed by atoms with van der Waals surface area (Å²) in [5, 5.41) is 9.27. The number of halogens is 1. The van der Waals surface area contributed by atoms with E-state index in [0.29, 0.717) is 18.9 Å². The zero-order chi connectivity index (χ0) is 13.7. The third kappa shape index (κ3) is 4.78. The summed E-state index contributed by atoms with van der Waals surface area (Å²) in [6.45, 7) is 4.74. The van der Waals surface area contributed by atoms with E-state index in [1.54, 1.807) is 0 Å². The second-order valence-electron chi connectivity index (χ2n) is 5.03. The van der Waals surface area contributed by atoms with Crippen molar-refractivity contribution in [1.82, 2.24) is 4.90 Å². The number of carboxylic acid groups (broad SMARTS) is 1. The Morgan fingerprint density at radius 3 is 2.33 bits per heavy atom. The maximum Gasteiger partial charge on any atom is 0.320 e. The zero-order valence-electron chi connectivity index (χ0n) is 11.1. The maximum absolute atomic E-state index is 11.3. The van der Waals surface area contributed by atoms with E-state index < -0.39 is 12.0 Å². The second-order valence-corrected chi connectivity index (χ2v) is 5.94. The second kappa shape index (κ2) is 6.90. The van der Waals surface area contributed by atoms with Crippen molar-refractivity contribution in [2.24, 2.45) is 5.92 Å². The summed E-state index contributed by atoms with van der Waals surface area (Å²) in [5.74, 6) is -0.373. The van der Waals surface area contributed by atoms with E-state index in [0.717, 1.165) is 10.0 Å². The van der Waals surface area contributed by atoms with Crippen molar-refractivity contribution >= 4 is 21.9 Å². The minimum atomic E-state index is -0.747. The van der Waals surface area contributed by atoms with Gasteiger partial charge in [-0.3, -0.25) is 9.69 Å². The number of nitrogens with zero attached hydrogens (tertiary/aromatic N) is 1. The number of likely N-dealkylation sites (N-methyl/N-ethyl adjacent to an activating group) is 1. The van der Waals surface area contributed by atoms with E-state index >= 15 is 0 Å². The lowest BCUT2D eigenvalue weighted by atomic mass is 10.0.